The van der Waals surface area contributed by atoms with E-state index in [1.165, 1.54) is 16.1 Å². The van der Waals surface area contributed by atoms with Crippen LogP contribution in [-0.2, 0) is 6.42 Å². The largest absolute Gasteiger partial charge is 0.304 e. The van der Waals surface area contributed by atoms with Crippen molar-refractivity contribution in [1.29, 1.82) is 0 Å². The molecule has 0 radical (unpaired) electrons. The summed E-state index contributed by atoms with van der Waals surface area (Å²) in [4.78, 5) is 6.65. The molecule has 3 aromatic heterocycles. The molecule has 0 aliphatic heterocycles. The minimum atomic E-state index is 0.190. The lowest BCUT2D eigenvalue weighted by atomic mass is 10.2. The second-order valence-corrected chi connectivity index (χ2v) is 6.95. The first-order valence-corrected chi connectivity index (χ1v) is 8.26. The monoisotopic (exact) mass is 324 g/mol. The van der Waals surface area contributed by atoms with Gasteiger partial charge in [-0.1, -0.05) is 17.7 Å². The first-order chi connectivity index (χ1) is 9.83. The van der Waals surface area contributed by atoms with Gasteiger partial charge in [0, 0.05) is 22.7 Å². The molecule has 4 nitrogen and oxygen atoms in total. The molecule has 0 saturated heterocycles. The van der Waals surface area contributed by atoms with Crippen molar-refractivity contribution in [2.75, 3.05) is 6.54 Å². The summed E-state index contributed by atoms with van der Waals surface area (Å²) in [6.07, 6.45) is 2.35. The Labute approximate surface area is 129 Å². The second kappa shape index (κ2) is 6.49. The molecule has 0 bridgehead atoms. The quantitative estimate of drug-likeness (QED) is 0.729. The standard InChI is InChI=1S/C13H13ClN4S2/c14-11-4-3-10(20-11)13(9-2-1-7-19-9)15-6-5-12-16-8-17-18-12/h1-4,7-8,13,15H,5-6H2,(H,16,17,18). The van der Waals surface area contributed by atoms with E-state index in [4.69, 9.17) is 11.6 Å². The van der Waals surface area contributed by atoms with E-state index < -0.39 is 0 Å². The Kier molecular flexibility index (Phi) is 4.47. The number of nitrogens with one attached hydrogen (secondary N) is 2. The summed E-state index contributed by atoms with van der Waals surface area (Å²) in [5.41, 5.74) is 0. The molecule has 3 heterocycles. The van der Waals surface area contributed by atoms with Crippen LogP contribution in [0.3, 0.4) is 0 Å². The van der Waals surface area contributed by atoms with E-state index in [1.807, 2.05) is 6.07 Å². The molecule has 3 aromatic rings. The van der Waals surface area contributed by atoms with Gasteiger partial charge in [0.15, 0.2) is 0 Å². The van der Waals surface area contributed by atoms with Crippen LogP contribution >= 0.6 is 34.3 Å². The van der Waals surface area contributed by atoms with Gasteiger partial charge in [-0.2, -0.15) is 5.10 Å². The Hall–Kier alpha value is -1.21. The number of nitrogens with zero attached hydrogens (tertiary/aromatic N) is 2. The third-order valence-corrected chi connectivity index (χ3v) is 5.11. The summed E-state index contributed by atoms with van der Waals surface area (Å²) in [6, 6.07) is 8.43. The number of aromatic nitrogens is 3. The van der Waals surface area contributed by atoms with E-state index in [9.17, 15) is 0 Å². The zero-order chi connectivity index (χ0) is 13.8. The molecule has 7 heteroatoms. The number of hydrogen-bond donors (Lipinski definition) is 2. The lowest BCUT2D eigenvalue weighted by Crippen LogP contribution is -2.23. The van der Waals surface area contributed by atoms with Crippen LogP contribution in [0.15, 0.2) is 36.0 Å². The highest BCUT2D eigenvalue weighted by atomic mass is 35.5. The zero-order valence-electron chi connectivity index (χ0n) is 10.5. The van der Waals surface area contributed by atoms with Gasteiger partial charge in [-0.15, -0.1) is 22.7 Å². The maximum absolute atomic E-state index is 6.05. The normalized spacial score (nSPS) is 12.7. The highest BCUT2D eigenvalue weighted by Gasteiger charge is 2.16. The molecule has 0 saturated carbocycles. The summed E-state index contributed by atoms with van der Waals surface area (Å²) in [5.74, 6) is 0.895. The van der Waals surface area contributed by atoms with Gasteiger partial charge in [0.05, 0.1) is 10.4 Å². The van der Waals surface area contributed by atoms with Gasteiger partial charge in [-0.3, -0.25) is 5.10 Å². The van der Waals surface area contributed by atoms with E-state index in [2.05, 4.69) is 44.1 Å². The van der Waals surface area contributed by atoms with Crippen LogP contribution in [0, 0.1) is 0 Å². The zero-order valence-corrected chi connectivity index (χ0v) is 12.9. The maximum Gasteiger partial charge on any atom is 0.137 e. The number of halogens is 1. The van der Waals surface area contributed by atoms with Crippen LogP contribution in [0.25, 0.3) is 0 Å². The van der Waals surface area contributed by atoms with Gasteiger partial charge in [0.1, 0.15) is 12.2 Å². The fourth-order valence-corrected chi connectivity index (χ4v) is 4.01. The highest BCUT2D eigenvalue weighted by Crippen LogP contribution is 2.32. The van der Waals surface area contributed by atoms with Gasteiger partial charge in [0.2, 0.25) is 0 Å². The van der Waals surface area contributed by atoms with Crippen molar-refractivity contribution in [3.05, 3.63) is 55.9 Å². The average Bonchev–Trinajstić information content (AvgIpc) is 3.17. The van der Waals surface area contributed by atoms with Gasteiger partial charge in [-0.25, -0.2) is 4.98 Å². The van der Waals surface area contributed by atoms with E-state index in [1.54, 1.807) is 22.7 Å². The van der Waals surface area contributed by atoms with E-state index in [0.29, 0.717) is 0 Å². The predicted molar refractivity (Wildman–Crippen MR) is 83.6 cm³/mol. The SMILES string of the molecule is Clc1ccc(C(NCCc2ncn[nH]2)c2cccs2)s1. The van der Waals surface area contributed by atoms with Gasteiger partial charge < -0.3 is 5.32 Å². The lowest BCUT2D eigenvalue weighted by Gasteiger charge is -2.15. The van der Waals surface area contributed by atoms with Crippen molar-refractivity contribution >= 4 is 34.3 Å². The molecule has 2 N–H and O–H groups in total. The molecule has 20 heavy (non-hydrogen) atoms. The third-order valence-electron chi connectivity index (χ3n) is 2.88. The second-order valence-electron chi connectivity index (χ2n) is 4.23. The smallest absolute Gasteiger partial charge is 0.137 e. The molecule has 0 fully saturated rings. The van der Waals surface area contributed by atoms with E-state index in [-0.39, 0.29) is 6.04 Å². The molecule has 0 aliphatic carbocycles. The fourth-order valence-electron chi connectivity index (χ4n) is 1.97. The average molecular weight is 325 g/mol. The van der Waals surface area contributed by atoms with Gasteiger partial charge in [0.25, 0.3) is 0 Å². The molecule has 3 rings (SSSR count). The van der Waals surface area contributed by atoms with Crippen molar-refractivity contribution in [2.45, 2.75) is 12.5 Å². The van der Waals surface area contributed by atoms with Crippen LogP contribution in [-0.4, -0.2) is 21.7 Å². The fraction of sp³-hybridized carbons (Fsp3) is 0.231. The summed E-state index contributed by atoms with van der Waals surface area (Å²) in [7, 11) is 0. The number of rotatable bonds is 6. The van der Waals surface area contributed by atoms with Crippen molar-refractivity contribution in [3.63, 3.8) is 0 Å². The summed E-state index contributed by atoms with van der Waals surface area (Å²) < 4.78 is 0.818. The molecule has 1 atom stereocenters. The Morgan fingerprint density at radius 2 is 2.25 bits per heavy atom. The number of H-pyrrole nitrogens is 1. The third kappa shape index (κ3) is 3.27. The highest BCUT2D eigenvalue weighted by molar-refractivity contribution is 7.16. The summed E-state index contributed by atoms with van der Waals surface area (Å²) in [5, 5.41) is 12.4. The minimum Gasteiger partial charge on any atom is -0.304 e. The summed E-state index contributed by atoms with van der Waals surface area (Å²) in [6.45, 7) is 0.827. The van der Waals surface area contributed by atoms with Crippen molar-refractivity contribution in [3.8, 4) is 0 Å². The van der Waals surface area contributed by atoms with Crippen LogP contribution in [0.5, 0.6) is 0 Å². The molecule has 0 aliphatic rings. The Balaban J connectivity index is 1.70. The molecule has 0 aromatic carbocycles. The van der Waals surface area contributed by atoms with Crippen LogP contribution < -0.4 is 5.32 Å². The first kappa shape index (κ1) is 13.8. The summed E-state index contributed by atoms with van der Waals surface area (Å²) >= 11 is 9.42. The molecular weight excluding hydrogens is 312 g/mol. The molecular formula is C13H13ClN4S2. The van der Waals surface area contributed by atoms with Crippen molar-refractivity contribution < 1.29 is 0 Å². The Bertz CT molecular complexity index is 633. The van der Waals surface area contributed by atoms with E-state index in [0.717, 1.165) is 23.1 Å². The molecule has 0 amide bonds. The topological polar surface area (TPSA) is 53.6 Å². The minimum absolute atomic E-state index is 0.190. The van der Waals surface area contributed by atoms with Crippen molar-refractivity contribution in [2.24, 2.45) is 0 Å². The number of hydrogen-bond acceptors (Lipinski definition) is 5. The van der Waals surface area contributed by atoms with Crippen LogP contribution in [0.1, 0.15) is 21.6 Å². The molecule has 1 unspecified atom stereocenters. The number of thiophene rings is 2. The predicted octanol–water partition coefficient (Wildman–Crippen LogP) is 3.50. The van der Waals surface area contributed by atoms with Gasteiger partial charge >= 0.3 is 0 Å². The number of aromatic amines is 1. The first-order valence-electron chi connectivity index (χ1n) is 6.19. The molecule has 104 valence electrons. The molecule has 0 spiro atoms. The van der Waals surface area contributed by atoms with Gasteiger partial charge in [-0.05, 0) is 23.6 Å². The Morgan fingerprint density at radius 1 is 1.30 bits per heavy atom. The van der Waals surface area contributed by atoms with Crippen LogP contribution in [0.4, 0.5) is 0 Å². The van der Waals surface area contributed by atoms with Crippen LogP contribution in [0.2, 0.25) is 4.34 Å². The Morgan fingerprint density at radius 3 is 2.90 bits per heavy atom. The van der Waals surface area contributed by atoms with Crippen molar-refractivity contribution in [1.82, 2.24) is 20.5 Å². The lowest BCUT2D eigenvalue weighted by molar-refractivity contribution is 0.612. The van der Waals surface area contributed by atoms with E-state index >= 15 is 0 Å². The maximum atomic E-state index is 6.05.